The Balaban J connectivity index is 2.14. The van der Waals surface area contributed by atoms with Crippen molar-refractivity contribution < 1.29 is 0 Å². The molecule has 0 unspecified atom stereocenters. The van der Waals surface area contributed by atoms with E-state index in [4.69, 9.17) is 0 Å². The molecule has 0 saturated carbocycles. The van der Waals surface area contributed by atoms with Gasteiger partial charge in [-0.2, -0.15) is 0 Å². The molecular formula is C14H11NS. The minimum Gasteiger partial charge on any atom is -0.245 e. The van der Waals surface area contributed by atoms with Crippen LogP contribution in [0.25, 0.3) is 21.3 Å². The Morgan fingerprint density at radius 1 is 0.938 bits per heavy atom. The maximum Gasteiger partial charge on any atom is 0.0818 e. The molecule has 0 fully saturated rings. The van der Waals surface area contributed by atoms with E-state index in [-0.39, 0.29) is 0 Å². The van der Waals surface area contributed by atoms with Crippen LogP contribution < -0.4 is 0 Å². The van der Waals surface area contributed by atoms with Crippen LogP contribution in [0.2, 0.25) is 0 Å². The standard InChI is InChI=1S/C14H11NS/c1-10-2-4-11(5-3-10)12-6-7-14-13(8-12)15-9-16-14/h2-9H,1H3. The predicted octanol–water partition coefficient (Wildman–Crippen LogP) is 4.27. The van der Waals surface area contributed by atoms with E-state index in [9.17, 15) is 0 Å². The number of aryl methyl sites for hydroxylation is 1. The van der Waals surface area contributed by atoms with Gasteiger partial charge in [0.25, 0.3) is 0 Å². The van der Waals surface area contributed by atoms with E-state index in [1.807, 2.05) is 5.51 Å². The third kappa shape index (κ3) is 1.61. The normalized spacial score (nSPS) is 10.8. The van der Waals surface area contributed by atoms with Crippen molar-refractivity contribution in [3.05, 3.63) is 53.5 Å². The van der Waals surface area contributed by atoms with Crippen molar-refractivity contribution >= 4 is 21.6 Å². The SMILES string of the molecule is Cc1ccc(-c2ccc3scnc3c2)cc1. The van der Waals surface area contributed by atoms with Gasteiger partial charge in [-0.25, -0.2) is 4.98 Å². The van der Waals surface area contributed by atoms with Crippen molar-refractivity contribution in [3.8, 4) is 11.1 Å². The van der Waals surface area contributed by atoms with Gasteiger partial charge >= 0.3 is 0 Å². The fourth-order valence-electron chi connectivity index (χ4n) is 1.78. The molecule has 0 bridgehead atoms. The van der Waals surface area contributed by atoms with E-state index < -0.39 is 0 Å². The Bertz CT molecular complexity index is 623. The second kappa shape index (κ2) is 3.72. The van der Waals surface area contributed by atoms with Crippen molar-refractivity contribution in [2.45, 2.75) is 6.92 Å². The van der Waals surface area contributed by atoms with Crippen molar-refractivity contribution in [3.63, 3.8) is 0 Å². The van der Waals surface area contributed by atoms with Gasteiger partial charge in [-0.3, -0.25) is 0 Å². The number of nitrogens with zero attached hydrogens (tertiary/aromatic N) is 1. The van der Waals surface area contributed by atoms with E-state index in [2.05, 4.69) is 54.4 Å². The van der Waals surface area contributed by atoms with Crippen LogP contribution in [0.1, 0.15) is 5.56 Å². The summed E-state index contributed by atoms with van der Waals surface area (Å²) in [4.78, 5) is 4.34. The lowest BCUT2D eigenvalue weighted by atomic mass is 10.0. The van der Waals surface area contributed by atoms with Gasteiger partial charge in [-0.05, 0) is 30.2 Å². The summed E-state index contributed by atoms with van der Waals surface area (Å²) in [5, 5.41) is 0. The predicted molar refractivity (Wildman–Crippen MR) is 69.8 cm³/mol. The molecule has 0 N–H and O–H groups in total. The van der Waals surface area contributed by atoms with Crippen molar-refractivity contribution in [2.75, 3.05) is 0 Å². The van der Waals surface area contributed by atoms with Crippen molar-refractivity contribution in [1.82, 2.24) is 4.98 Å². The van der Waals surface area contributed by atoms with Crippen LogP contribution in [0.3, 0.4) is 0 Å². The zero-order chi connectivity index (χ0) is 11.0. The number of thiazole rings is 1. The first-order valence-electron chi connectivity index (χ1n) is 5.23. The van der Waals surface area contributed by atoms with Gasteiger partial charge in [0, 0.05) is 0 Å². The van der Waals surface area contributed by atoms with E-state index in [1.165, 1.54) is 21.4 Å². The Labute approximate surface area is 98.4 Å². The molecule has 0 aliphatic rings. The average Bonchev–Trinajstić information content (AvgIpc) is 2.77. The molecule has 1 aromatic heterocycles. The molecule has 0 spiro atoms. The molecular weight excluding hydrogens is 214 g/mol. The molecule has 0 saturated heterocycles. The van der Waals surface area contributed by atoms with E-state index in [0.717, 1.165) is 5.52 Å². The number of benzene rings is 2. The fourth-order valence-corrected chi connectivity index (χ4v) is 2.44. The first-order valence-corrected chi connectivity index (χ1v) is 6.11. The minimum absolute atomic E-state index is 1.09. The van der Waals surface area contributed by atoms with Gasteiger partial charge in [-0.1, -0.05) is 35.9 Å². The number of aromatic nitrogens is 1. The van der Waals surface area contributed by atoms with Crippen molar-refractivity contribution in [1.29, 1.82) is 0 Å². The van der Waals surface area contributed by atoms with Gasteiger partial charge in [0.15, 0.2) is 0 Å². The summed E-state index contributed by atoms with van der Waals surface area (Å²) in [6.07, 6.45) is 0. The third-order valence-electron chi connectivity index (χ3n) is 2.72. The van der Waals surface area contributed by atoms with E-state index in [1.54, 1.807) is 11.3 Å². The van der Waals surface area contributed by atoms with Gasteiger partial charge in [0.05, 0.1) is 15.7 Å². The van der Waals surface area contributed by atoms with Gasteiger partial charge in [0.2, 0.25) is 0 Å². The maximum atomic E-state index is 4.34. The molecule has 0 aliphatic carbocycles. The number of hydrogen-bond donors (Lipinski definition) is 0. The second-order valence-electron chi connectivity index (χ2n) is 3.90. The van der Waals surface area contributed by atoms with Crippen molar-refractivity contribution in [2.24, 2.45) is 0 Å². The lowest BCUT2D eigenvalue weighted by Gasteiger charge is -2.01. The number of fused-ring (bicyclic) bond motifs is 1. The first kappa shape index (κ1) is 9.55. The van der Waals surface area contributed by atoms with Crippen LogP contribution in [0.4, 0.5) is 0 Å². The first-order chi connectivity index (χ1) is 7.83. The van der Waals surface area contributed by atoms with Gasteiger partial charge in [0.1, 0.15) is 0 Å². The molecule has 1 nitrogen and oxygen atoms in total. The van der Waals surface area contributed by atoms with Crippen LogP contribution in [-0.4, -0.2) is 4.98 Å². The summed E-state index contributed by atoms with van der Waals surface area (Å²) in [6.45, 7) is 2.10. The molecule has 78 valence electrons. The third-order valence-corrected chi connectivity index (χ3v) is 3.53. The highest BCUT2D eigenvalue weighted by Crippen LogP contribution is 2.25. The lowest BCUT2D eigenvalue weighted by Crippen LogP contribution is -1.78. The zero-order valence-electron chi connectivity index (χ0n) is 8.97. The van der Waals surface area contributed by atoms with Crippen LogP contribution in [0.15, 0.2) is 48.0 Å². The summed E-state index contributed by atoms with van der Waals surface area (Å²) in [5.74, 6) is 0. The summed E-state index contributed by atoms with van der Waals surface area (Å²) in [7, 11) is 0. The second-order valence-corrected chi connectivity index (χ2v) is 4.79. The highest BCUT2D eigenvalue weighted by Gasteiger charge is 2.00. The average molecular weight is 225 g/mol. The minimum atomic E-state index is 1.09. The highest BCUT2D eigenvalue weighted by molar-refractivity contribution is 7.16. The molecule has 0 atom stereocenters. The maximum absolute atomic E-state index is 4.34. The Morgan fingerprint density at radius 2 is 1.69 bits per heavy atom. The Kier molecular flexibility index (Phi) is 2.22. The quantitative estimate of drug-likeness (QED) is 0.602. The monoisotopic (exact) mass is 225 g/mol. The Morgan fingerprint density at radius 3 is 2.50 bits per heavy atom. The lowest BCUT2D eigenvalue weighted by molar-refractivity contribution is 1.46. The molecule has 1 heterocycles. The fraction of sp³-hybridized carbons (Fsp3) is 0.0714. The van der Waals surface area contributed by atoms with Crippen LogP contribution in [0, 0.1) is 6.92 Å². The van der Waals surface area contributed by atoms with Gasteiger partial charge < -0.3 is 0 Å². The molecule has 0 aliphatic heterocycles. The highest BCUT2D eigenvalue weighted by atomic mass is 32.1. The molecule has 3 rings (SSSR count). The summed E-state index contributed by atoms with van der Waals surface area (Å²) < 4.78 is 1.25. The molecule has 16 heavy (non-hydrogen) atoms. The molecule has 0 radical (unpaired) electrons. The van der Waals surface area contributed by atoms with E-state index in [0.29, 0.717) is 0 Å². The number of hydrogen-bond acceptors (Lipinski definition) is 2. The largest absolute Gasteiger partial charge is 0.245 e. The van der Waals surface area contributed by atoms with Gasteiger partial charge in [-0.15, -0.1) is 11.3 Å². The smallest absolute Gasteiger partial charge is 0.0818 e. The number of rotatable bonds is 1. The zero-order valence-corrected chi connectivity index (χ0v) is 9.79. The molecule has 2 aromatic carbocycles. The summed E-state index contributed by atoms with van der Waals surface area (Å²) >= 11 is 1.68. The van der Waals surface area contributed by atoms with Crippen LogP contribution >= 0.6 is 11.3 Å². The summed E-state index contributed by atoms with van der Waals surface area (Å²) in [6, 6.07) is 15.0. The Hall–Kier alpha value is -1.67. The summed E-state index contributed by atoms with van der Waals surface area (Å²) in [5.41, 5.74) is 6.75. The van der Waals surface area contributed by atoms with Crippen LogP contribution in [-0.2, 0) is 0 Å². The molecule has 0 amide bonds. The molecule has 2 heteroatoms. The molecule has 3 aromatic rings. The van der Waals surface area contributed by atoms with E-state index >= 15 is 0 Å². The topological polar surface area (TPSA) is 12.9 Å². The van der Waals surface area contributed by atoms with Crippen LogP contribution in [0.5, 0.6) is 0 Å².